The molecular weight excluding hydrogens is 404 g/mol. The van der Waals surface area contributed by atoms with Gasteiger partial charge in [0.15, 0.2) is 0 Å². The quantitative estimate of drug-likeness (QED) is 0.222. The van der Waals surface area contributed by atoms with Crippen LogP contribution in [0, 0.1) is 0 Å². The van der Waals surface area contributed by atoms with Crippen LogP contribution in [0.15, 0.2) is 30.3 Å². The van der Waals surface area contributed by atoms with Gasteiger partial charge in [-0.15, -0.1) is 0 Å². The lowest BCUT2D eigenvalue weighted by Crippen LogP contribution is -2.26. The molecule has 168 valence electrons. The van der Waals surface area contributed by atoms with Crippen LogP contribution in [0.2, 0.25) is 6.04 Å². The summed E-state index contributed by atoms with van der Waals surface area (Å²) in [5.41, 5.74) is 1.31. The number of rotatable bonds is 16. The van der Waals surface area contributed by atoms with Gasteiger partial charge in [-0.1, -0.05) is 30.3 Å². The lowest BCUT2D eigenvalue weighted by molar-refractivity contribution is 0.114. The van der Waals surface area contributed by atoms with Gasteiger partial charge in [-0.25, -0.2) is 0 Å². The molecule has 1 saturated heterocycles. The van der Waals surface area contributed by atoms with Crippen molar-refractivity contribution in [3.8, 4) is 0 Å². The van der Waals surface area contributed by atoms with E-state index in [1.54, 1.807) is 0 Å². The molecule has 1 aliphatic rings. The first kappa shape index (κ1) is 26.4. The Morgan fingerprint density at radius 1 is 0.862 bits per heavy atom. The Balaban J connectivity index is 0.000000291. The van der Waals surface area contributed by atoms with E-state index in [1.165, 1.54) is 5.56 Å². The molecule has 0 amide bonds. The minimum absolute atomic E-state index is 0.372. The topological polar surface area (TPSA) is 58.7 Å². The smallest absolute Gasteiger partial charge is 0.325 e. The molecule has 0 aromatic heterocycles. The summed E-state index contributed by atoms with van der Waals surface area (Å²) in [5.74, 6) is 0. The van der Waals surface area contributed by atoms with Crippen LogP contribution in [0.25, 0.3) is 0 Å². The Labute approximate surface area is 180 Å². The van der Waals surface area contributed by atoms with Gasteiger partial charge in [0.1, 0.15) is 6.10 Å². The monoisotopic (exact) mass is 444 g/mol. The third-order valence-corrected chi connectivity index (χ3v) is 8.59. The Kier molecular flexibility index (Phi) is 16.6. The number of ether oxygens (including phenoxy) is 2. The first-order valence-corrected chi connectivity index (χ1v) is 14.4. The van der Waals surface area contributed by atoms with Crippen molar-refractivity contribution in [1.29, 1.82) is 0 Å². The molecule has 1 aromatic rings. The molecule has 29 heavy (non-hydrogen) atoms. The van der Waals surface area contributed by atoms with Crippen LogP contribution in [0.3, 0.4) is 0 Å². The maximum absolute atomic E-state index is 5.60. The lowest BCUT2D eigenvalue weighted by Gasteiger charge is -2.14. The van der Waals surface area contributed by atoms with Crippen molar-refractivity contribution in [2.75, 3.05) is 46.2 Å². The van der Waals surface area contributed by atoms with Crippen molar-refractivity contribution in [2.45, 2.75) is 52.3 Å². The predicted molar refractivity (Wildman–Crippen MR) is 121 cm³/mol. The number of benzene rings is 1. The maximum Gasteiger partial charge on any atom is 0.325 e. The molecule has 0 radical (unpaired) electrons. The molecule has 2 rings (SSSR count). The third-order valence-electron chi connectivity index (χ3n) is 4.09. The second kappa shape index (κ2) is 18.2. The summed E-state index contributed by atoms with van der Waals surface area (Å²) in [7, 11) is -2.86. The van der Waals surface area contributed by atoms with Crippen LogP contribution in [0.5, 0.6) is 0 Å². The van der Waals surface area contributed by atoms with E-state index in [4.69, 9.17) is 27.2 Å². The van der Waals surface area contributed by atoms with Crippen LogP contribution in [-0.4, -0.2) is 70.9 Å². The van der Waals surface area contributed by atoms with E-state index < -0.39 is 18.6 Å². The number of hydrogen-bond donors (Lipinski definition) is 0. The summed E-state index contributed by atoms with van der Waals surface area (Å²) < 4.78 is 32.8. The third kappa shape index (κ3) is 15.0. The van der Waals surface area contributed by atoms with Gasteiger partial charge in [0, 0.05) is 39.1 Å². The van der Waals surface area contributed by atoms with E-state index in [9.17, 15) is 0 Å². The summed E-state index contributed by atoms with van der Waals surface area (Å²) in [4.78, 5) is 0. The first-order chi connectivity index (χ1) is 14.2. The molecule has 0 spiro atoms. The molecular formula is C21H40O6Si2. The van der Waals surface area contributed by atoms with Gasteiger partial charge >= 0.3 is 18.6 Å². The van der Waals surface area contributed by atoms with Gasteiger partial charge in [-0.05, 0) is 45.7 Å². The zero-order chi connectivity index (χ0) is 21.2. The molecule has 0 saturated carbocycles. The maximum atomic E-state index is 5.60. The molecule has 0 bridgehead atoms. The molecule has 1 aliphatic heterocycles. The minimum Gasteiger partial charge on any atom is -0.397 e. The Hall–Kier alpha value is -0.586. The summed E-state index contributed by atoms with van der Waals surface area (Å²) in [5, 5.41) is 0. The van der Waals surface area contributed by atoms with E-state index in [0.29, 0.717) is 6.10 Å². The van der Waals surface area contributed by atoms with Crippen molar-refractivity contribution < 1.29 is 27.2 Å². The zero-order valence-electron chi connectivity index (χ0n) is 18.6. The first-order valence-electron chi connectivity index (χ1n) is 10.9. The van der Waals surface area contributed by atoms with Crippen molar-refractivity contribution in [3.05, 3.63) is 35.9 Å². The average Bonchev–Trinajstić information content (AvgIpc) is 3.54. The highest BCUT2D eigenvalue weighted by Crippen LogP contribution is 2.09. The van der Waals surface area contributed by atoms with E-state index in [1.807, 2.05) is 33.8 Å². The van der Waals surface area contributed by atoms with E-state index in [-0.39, 0.29) is 0 Å². The summed E-state index contributed by atoms with van der Waals surface area (Å²) in [6.45, 7) is 13.5. The van der Waals surface area contributed by atoms with Crippen molar-refractivity contribution >= 4 is 18.6 Å². The van der Waals surface area contributed by atoms with Crippen LogP contribution in [0.1, 0.15) is 39.7 Å². The minimum atomic E-state index is -1.46. The van der Waals surface area contributed by atoms with Gasteiger partial charge in [-0.2, -0.15) is 0 Å². The fourth-order valence-electron chi connectivity index (χ4n) is 2.66. The van der Waals surface area contributed by atoms with Crippen LogP contribution in [-0.2, 0) is 33.2 Å². The molecule has 1 fully saturated rings. The number of hydrogen-bond acceptors (Lipinski definition) is 6. The van der Waals surface area contributed by atoms with E-state index in [2.05, 4.69) is 24.3 Å². The molecule has 1 unspecified atom stereocenters. The van der Waals surface area contributed by atoms with Crippen LogP contribution < -0.4 is 0 Å². The average molecular weight is 445 g/mol. The Morgan fingerprint density at radius 2 is 1.41 bits per heavy atom. The summed E-state index contributed by atoms with van der Waals surface area (Å²) in [6, 6.07) is 12.4. The molecule has 1 atom stereocenters. The Morgan fingerprint density at radius 3 is 1.93 bits per heavy atom. The standard InChI is InChI=1S/C11H18O2Si.C10H22O4Si/c1-3-12-14(13-4-2)10-11-8-6-5-7-9-11;1-3-13-15(14-4-2)7-5-6-11-8-10-9-12-10/h5-9,14H,3-4,10H2,1-2H3;10,15H,3-9H2,1-2H3. The van der Waals surface area contributed by atoms with Gasteiger partial charge in [-0.3, -0.25) is 0 Å². The van der Waals surface area contributed by atoms with Crippen LogP contribution >= 0.6 is 0 Å². The summed E-state index contributed by atoms with van der Waals surface area (Å²) >= 11 is 0. The molecule has 1 aromatic carbocycles. The normalized spacial score (nSPS) is 15.4. The highest BCUT2D eigenvalue weighted by molar-refractivity contribution is 6.44. The predicted octanol–water partition coefficient (Wildman–Crippen LogP) is 3.15. The fourth-order valence-corrected chi connectivity index (χ4v) is 6.07. The second-order valence-corrected chi connectivity index (χ2v) is 10.6. The van der Waals surface area contributed by atoms with Gasteiger partial charge < -0.3 is 27.2 Å². The second-order valence-electron chi connectivity index (χ2n) is 6.54. The van der Waals surface area contributed by atoms with Crippen molar-refractivity contribution in [1.82, 2.24) is 0 Å². The largest absolute Gasteiger partial charge is 0.397 e. The summed E-state index contributed by atoms with van der Waals surface area (Å²) in [6.07, 6.45) is 1.40. The highest BCUT2D eigenvalue weighted by atomic mass is 28.3. The molecule has 0 N–H and O–H groups in total. The SMILES string of the molecule is CCO[SiH](CCCOCC1CO1)OCC.CCO[SiH](Cc1ccccc1)OCC. The fraction of sp³-hybridized carbons (Fsp3) is 0.714. The van der Waals surface area contributed by atoms with Gasteiger partial charge in [0.2, 0.25) is 0 Å². The highest BCUT2D eigenvalue weighted by Gasteiger charge is 2.22. The van der Waals surface area contributed by atoms with Crippen LogP contribution in [0.4, 0.5) is 0 Å². The molecule has 0 aliphatic carbocycles. The molecule has 6 nitrogen and oxygen atoms in total. The number of epoxide rings is 1. The van der Waals surface area contributed by atoms with Crippen molar-refractivity contribution in [2.24, 2.45) is 0 Å². The van der Waals surface area contributed by atoms with Gasteiger partial charge in [0.25, 0.3) is 0 Å². The van der Waals surface area contributed by atoms with Gasteiger partial charge in [0.05, 0.1) is 13.2 Å². The zero-order valence-corrected chi connectivity index (χ0v) is 20.9. The molecule has 8 heteroatoms. The Bertz CT molecular complexity index is 463. The lowest BCUT2D eigenvalue weighted by atomic mass is 10.2. The molecule has 1 heterocycles. The van der Waals surface area contributed by atoms with E-state index >= 15 is 0 Å². The van der Waals surface area contributed by atoms with E-state index in [0.717, 1.165) is 64.8 Å². The van der Waals surface area contributed by atoms with Crippen molar-refractivity contribution in [3.63, 3.8) is 0 Å².